The highest BCUT2D eigenvalue weighted by molar-refractivity contribution is 6.42. The minimum absolute atomic E-state index is 0.0286. The molecule has 0 aliphatic carbocycles. The van der Waals surface area contributed by atoms with Crippen LogP contribution >= 0.6 is 46.4 Å². The highest BCUT2D eigenvalue weighted by atomic mass is 35.5. The van der Waals surface area contributed by atoms with Crippen LogP contribution < -0.4 is 5.32 Å². The molecule has 2 aromatic rings. The molecule has 2 amide bonds. The fraction of sp³-hybridized carbons (Fsp3) is 0.391. The lowest BCUT2D eigenvalue weighted by Gasteiger charge is -2.33. The van der Waals surface area contributed by atoms with Gasteiger partial charge in [0.1, 0.15) is 6.04 Å². The predicted molar refractivity (Wildman–Crippen MR) is 129 cm³/mol. The molecule has 0 spiro atoms. The van der Waals surface area contributed by atoms with E-state index in [2.05, 4.69) is 5.32 Å². The predicted octanol–water partition coefficient (Wildman–Crippen LogP) is 6.56. The van der Waals surface area contributed by atoms with Crippen molar-refractivity contribution in [1.82, 2.24) is 10.2 Å². The average molecular weight is 504 g/mol. The second kappa shape index (κ2) is 10.9. The number of halogens is 4. The molecule has 2 rings (SSSR count). The zero-order valence-electron chi connectivity index (χ0n) is 17.9. The van der Waals surface area contributed by atoms with E-state index >= 15 is 0 Å². The molecule has 0 saturated carbocycles. The molecule has 4 nitrogen and oxygen atoms in total. The molecule has 2 aromatic carbocycles. The second-order valence-electron chi connectivity index (χ2n) is 8.31. The highest BCUT2D eigenvalue weighted by Gasteiger charge is 2.31. The van der Waals surface area contributed by atoms with Crippen LogP contribution in [0, 0.1) is 0 Å². The van der Waals surface area contributed by atoms with Crippen molar-refractivity contribution in [2.75, 3.05) is 0 Å². The molecule has 0 bridgehead atoms. The first-order chi connectivity index (χ1) is 14.4. The molecule has 0 saturated heterocycles. The fourth-order valence-electron chi connectivity index (χ4n) is 3.16. The number of nitrogens with zero attached hydrogens (tertiary/aromatic N) is 1. The summed E-state index contributed by atoms with van der Waals surface area (Å²) < 4.78 is 0. The van der Waals surface area contributed by atoms with Crippen molar-refractivity contribution >= 4 is 58.2 Å². The fourth-order valence-corrected chi connectivity index (χ4v) is 4.01. The van der Waals surface area contributed by atoms with Gasteiger partial charge in [-0.15, -0.1) is 0 Å². The van der Waals surface area contributed by atoms with Gasteiger partial charge >= 0.3 is 0 Å². The van der Waals surface area contributed by atoms with Crippen molar-refractivity contribution in [3.05, 3.63) is 67.6 Å². The van der Waals surface area contributed by atoms with Gasteiger partial charge in [-0.25, -0.2) is 0 Å². The van der Waals surface area contributed by atoms with Crippen LogP contribution in [0.2, 0.25) is 20.1 Å². The Morgan fingerprint density at radius 3 is 2.10 bits per heavy atom. The average Bonchev–Trinajstić information content (AvgIpc) is 2.66. The number of rotatable bonds is 7. The third kappa shape index (κ3) is 7.28. The first-order valence-corrected chi connectivity index (χ1v) is 11.4. The zero-order valence-corrected chi connectivity index (χ0v) is 21.0. The number of amides is 2. The van der Waals surface area contributed by atoms with Crippen LogP contribution in [0.15, 0.2) is 36.4 Å². The quantitative estimate of drug-likeness (QED) is 0.464. The Morgan fingerprint density at radius 2 is 1.58 bits per heavy atom. The third-order valence-corrected chi connectivity index (χ3v) is 6.06. The van der Waals surface area contributed by atoms with Gasteiger partial charge in [-0.05, 0) is 62.6 Å². The zero-order chi connectivity index (χ0) is 23.3. The number of hydrogen-bond donors (Lipinski definition) is 1. The molecule has 8 heteroatoms. The molecule has 0 unspecified atom stereocenters. The molecule has 0 aliphatic heterocycles. The van der Waals surface area contributed by atoms with Crippen LogP contribution in [0.3, 0.4) is 0 Å². The summed E-state index contributed by atoms with van der Waals surface area (Å²) in [5.74, 6) is -0.495. The Bertz CT molecular complexity index is 937. The molecule has 0 radical (unpaired) electrons. The van der Waals surface area contributed by atoms with Gasteiger partial charge in [0, 0.05) is 22.1 Å². The number of carbonyl (C=O) groups excluding carboxylic acids is 2. The smallest absolute Gasteiger partial charge is 0.243 e. The van der Waals surface area contributed by atoms with Crippen molar-refractivity contribution in [1.29, 1.82) is 0 Å². The maximum absolute atomic E-state index is 13.4. The lowest BCUT2D eigenvalue weighted by atomic mass is 10.0. The molecule has 0 heterocycles. The Kier molecular flexibility index (Phi) is 9.08. The van der Waals surface area contributed by atoms with Gasteiger partial charge in [0.05, 0.1) is 16.5 Å². The molecule has 31 heavy (non-hydrogen) atoms. The van der Waals surface area contributed by atoms with Crippen LogP contribution in [-0.4, -0.2) is 28.3 Å². The Hall–Kier alpha value is -1.46. The summed E-state index contributed by atoms with van der Waals surface area (Å²) in [6.07, 6.45) is 0.407. The molecule has 1 atom stereocenters. The minimum atomic E-state index is -0.678. The van der Waals surface area contributed by atoms with Crippen molar-refractivity contribution in [3.8, 4) is 0 Å². The molecule has 0 aliphatic rings. The molecule has 168 valence electrons. The van der Waals surface area contributed by atoms with Crippen LogP contribution in [0.1, 0.15) is 45.2 Å². The monoisotopic (exact) mass is 502 g/mol. The highest BCUT2D eigenvalue weighted by Crippen LogP contribution is 2.27. The Labute approximate surface area is 203 Å². The Morgan fingerprint density at radius 1 is 0.968 bits per heavy atom. The van der Waals surface area contributed by atoms with E-state index in [0.717, 1.165) is 5.56 Å². The molecule has 1 N–H and O–H groups in total. The van der Waals surface area contributed by atoms with Crippen molar-refractivity contribution in [2.45, 2.75) is 58.7 Å². The van der Waals surface area contributed by atoms with E-state index in [9.17, 15) is 9.59 Å². The van der Waals surface area contributed by atoms with Crippen molar-refractivity contribution in [3.63, 3.8) is 0 Å². The van der Waals surface area contributed by atoms with E-state index in [4.69, 9.17) is 46.4 Å². The van der Waals surface area contributed by atoms with Gasteiger partial charge in [0.25, 0.3) is 0 Å². The SMILES string of the molecule is CC[C@@H](C(=O)NC(C)(C)C)N(Cc1ccc(Cl)c(Cl)c1)C(=O)Cc1c(Cl)cccc1Cl. The van der Waals surface area contributed by atoms with Gasteiger partial charge in [-0.3, -0.25) is 9.59 Å². The van der Waals surface area contributed by atoms with Crippen LogP contribution in [0.25, 0.3) is 0 Å². The number of hydrogen-bond acceptors (Lipinski definition) is 2. The summed E-state index contributed by atoms with van der Waals surface area (Å²) in [5.41, 5.74) is 0.852. The van der Waals surface area contributed by atoms with Gasteiger partial charge in [0.15, 0.2) is 0 Å². The van der Waals surface area contributed by atoms with Crippen molar-refractivity contribution < 1.29 is 9.59 Å². The normalized spacial score (nSPS) is 12.4. The first-order valence-electron chi connectivity index (χ1n) is 9.91. The lowest BCUT2D eigenvalue weighted by Crippen LogP contribution is -2.53. The third-order valence-electron chi connectivity index (χ3n) is 4.61. The number of benzene rings is 2. The van der Waals surface area contributed by atoms with Gasteiger partial charge in [0.2, 0.25) is 11.8 Å². The van der Waals surface area contributed by atoms with Gasteiger partial charge in [-0.1, -0.05) is 65.5 Å². The summed E-state index contributed by atoms with van der Waals surface area (Å²) in [6, 6.07) is 9.56. The van der Waals surface area contributed by atoms with Gasteiger partial charge in [-0.2, -0.15) is 0 Å². The largest absolute Gasteiger partial charge is 0.350 e. The van der Waals surface area contributed by atoms with Crippen LogP contribution in [0.4, 0.5) is 0 Å². The van der Waals surface area contributed by atoms with Gasteiger partial charge < -0.3 is 10.2 Å². The van der Waals surface area contributed by atoms with E-state index in [1.165, 1.54) is 0 Å². The Balaban J connectivity index is 2.40. The van der Waals surface area contributed by atoms with E-state index in [0.29, 0.717) is 32.1 Å². The topological polar surface area (TPSA) is 49.4 Å². The maximum atomic E-state index is 13.4. The second-order valence-corrected chi connectivity index (χ2v) is 9.94. The molecular formula is C23H26Cl4N2O2. The van der Waals surface area contributed by atoms with Crippen molar-refractivity contribution in [2.24, 2.45) is 0 Å². The summed E-state index contributed by atoms with van der Waals surface area (Å²) in [4.78, 5) is 28.0. The summed E-state index contributed by atoms with van der Waals surface area (Å²) in [5, 5.41) is 4.58. The number of carbonyl (C=O) groups is 2. The van der Waals surface area contributed by atoms with E-state index in [-0.39, 0.29) is 24.8 Å². The number of nitrogens with one attached hydrogen (secondary N) is 1. The standard InChI is InChI=1S/C23H26Cl4N2O2/c1-5-20(22(31)28-23(2,3)4)29(13-14-9-10-18(26)19(27)11-14)21(30)12-15-16(24)7-6-8-17(15)25/h6-11,20H,5,12-13H2,1-4H3,(H,28,31)/t20-/m0/s1. The van der Waals surface area contributed by atoms with E-state index in [1.54, 1.807) is 41.3 Å². The minimum Gasteiger partial charge on any atom is -0.350 e. The first kappa shape index (κ1) is 25.8. The molecular weight excluding hydrogens is 478 g/mol. The molecule has 0 fully saturated rings. The summed E-state index contributed by atoms with van der Waals surface area (Å²) >= 11 is 24.7. The lowest BCUT2D eigenvalue weighted by molar-refractivity contribution is -0.141. The summed E-state index contributed by atoms with van der Waals surface area (Å²) in [6.45, 7) is 7.74. The maximum Gasteiger partial charge on any atom is 0.243 e. The van der Waals surface area contributed by atoms with Crippen LogP contribution in [0.5, 0.6) is 0 Å². The molecule has 0 aromatic heterocycles. The van der Waals surface area contributed by atoms with E-state index in [1.807, 2.05) is 27.7 Å². The summed E-state index contributed by atoms with van der Waals surface area (Å²) in [7, 11) is 0. The van der Waals surface area contributed by atoms with Crippen LogP contribution in [-0.2, 0) is 22.6 Å². The van der Waals surface area contributed by atoms with E-state index < -0.39 is 11.6 Å².